The summed E-state index contributed by atoms with van der Waals surface area (Å²) < 4.78 is 12.0. The van der Waals surface area contributed by atoms with E-state index in [9.17, 15) is 4.21 Å². The van der Waals surface area contributed by atoms with E-state index in [1.165, 1.54) is 16.7 Å². The third-order valence-corrected chi connectivity index (χ3v) is 4.21. The number of nitrogens with one attached hydrogen (secondary N) is 1. The number of rotatable bonds is 6. The van der Waals surface area contributed by atoms with Crippen LogP contribution >= 0.6 is 0 Å². The maximum Gasteiger partial charge on any atom is 0.0485 e. The molecule has 0 saturated heterocycles. The van der Waals surface area contributed by atoms with Gasteiger partial charge in [0.25, 0.3) is 0 Å². The molecule has 1 aromatic rings. The normalized spacial score (nSPS) is 13.5. The van der Waals surface area contributed by atoms with Crippen molar-refractivity contribution >= 4 is 10.8 Å². The summed E-state index contributed by atoms with van der Waals surface area (Å²) in [5.41, 5.74) is 3.84. The molecule has 0 amide bonds. The van der Waals surface area contributed by atoms with Gasteiger partial charge in [0, 0.05) is 27.8 Å². The van der Waals surface area contributed by atoms with Crippen LogP contribution in [-0.2, 0) is 16.6 Å². The van der Waals surface area contributed by atoms with E-state index in [1.54, 1.807) is 0 Å². The van der Waals surface area contributed by atoms with Crippen LogP contribution in [0.2, 0.25) is 0 Å². The Bertz CT molecular complexity index is 415. The van der Waals surface area contributed by atoms with Crippen LogP contribution in [0.25, 0.3) is 0 Å². The molecule has 0 spiro atoms. The minimum Gasteiger partial charge on any atom is -0.312 e. The van der Waals surface area contributed by atoms with Gasteiger partial charge in [0.15, 0.2) is 0 Å². The number of hydrogen-bond acceptors (Lipinski definition) is 2. The first kappa shape index (κ1) is 16.4. The van der Waals surface area contributed by atoms with E-state index < -0.39 is 10.8 Å². The van der Waals surface area contributed by atoms with E-state index in [2.05, 4.69) is 58.1 Å². The van der Waals surface area contributed by atoms with Crippen LogP contribution in [0.3, 0.4) is 0 Å². The first-order chi connectivity index (χ1) is 8.76. The highest BCUT2D eigenvalue weighted by molar-refractivity contribution is 7.84. The van der Waals surface area contributed by atoms with Crippen molar-refractivity contribution in [3.05, 3.63) is 34.9 Å². The van der Waals surface area contributed by atoms with Gasteiger partial charge in [-0.15, -0.1) is 0 Å². The van der Waals surface area contributed by atoms with Gasteiger partial charge < -0.3 is 5.32 Å². The maximum absolute atomic E-state index is 12.0. The lowest BCUT2D eigenvalue weighted by Crippen LogP contribution is -2.36. The van der Waals surface area contributed by atoms with Crippen LogP contribution in [0.4, 0.5) is 0 Å². The molecule has 0 heterocycles. The highest BCUT2D eigenvalue weighted by atomic mass is 32.2. The van der Waals surface area contributed by atoms with Crippen molar-refractivity contribution in [3.8, 4) is 0 Å². The molecule has 0 aromatic heterocycles. The Labute approximate surface area is 120 Å². The highest BCUT2D eigenvalue weighted by Crippen LogP contribution is 2.11. The maximum atomic E-state index is 12.0. The van der Waals surface area contributed by atoms with Gasteiger partial charge in [-0.3, -0.25) is 4.21 Å². The molecule has 0 bridgehead atoms. The summed E-state index contributed by atoms with van der Waals surface area (Å²) in [6, 6.07) is 6.43. The molecule has 1 atom stereocenters. The molecule has 0 saturated carbocycles. The second kappa shape index (κ2) is 7.20. The molecule has 0 aliphatic carbocycles. The largest absolute Gasteiger partial charge is 0.312 e. The van der Waals surface area contributed by atoms with Gasteiger partial charge >= 0.3 is 0 Å². The lowest BCUT2D eigenvalue weighted by Gasteiger charge is -2.20. The topological polar surface area (TPSA) is 29.1 Å². The molecule has 3 heteroatoms. The van der Waals surface area contributed by atoms with E-state index in [4.69, 9.17) is 0 Å². The van der Waals surface area contributed by atoms with Crippen LogP contribution < -0.4 is 5.32 Å². The highest BCUT2D eigenvalue weighted by Gasteiger charge is 2.08. The van der Waals surface area contributed by atoms with Crippen LogP contribution in [-0.4, -0.2) is 22.0 Å². The Morgan fingerprint density at radius 1 is 1.11 bits per heavy atom. The lowest BCUT2D eigenvalue weighted by molar-refractivity contribution is 0.427. The van der Waals surface area contributed by atoms with Gasteiger partial charge in [0.2, 0.25) is 0 Å². The molecule has 1 unspecified atom stereocenters. The molecule has 0 aliphatic heterocycles. The Kier molecular flexibility index (Phi) is 6.21. The van der Waals surface area contributed by atoms with Crippen molar-refractivity contribution < 1.29 is 4.21 Å². The van der Waals surface area contributed by atoms with Gasteiger partial charge in [-0.2, -0.15) is 0 Å². The van der Waals surface area contributed by atoms with E-state index in [0.717, 1.165) is 18.7 Å². The Hall–Kier alpha value is -0.670. The van der Waals surface area contributed by atoms with Crippen LogP contribution in [0.5, 0.6) is 0 Å². The Balaban J connectivity index is 2.35. The molecule has 0 fully saturated rings. The average Bonchev–Trinajstić information content (AvgIpc) is 2.21. The fourth-order valence-corrected chi connectivity index (χ4v) is 3.26. The number of aryl methyl sites for hydroxylation is 2. The summed E-state index contributed by atoms with van der Waals surface area (Å²) >= 11 is 0. The monoisotopic (exact) mass is 281 g/mol. The predicted molar refractivity (Wildman–Crippen MR) is 85.0 cm³/mol. The summed E-state index contributed by atoms with van der Waals surface area (Å²) in [6.45, 7) is 11.6. The summed E-state index contributed by atoms with van der Waals surface area (Å²) in [6.07, 6.45) is 0.967. The van der Waals surface area contributed by atoms with Gasteiger partial charge in [-0.25, -0.2) is 0 Å². The number of hydrogen-bond donors (Lipinski definition) is 1. The van der Waals surface area contributed by atoms with E-state index in [-0.39, 0.29) is 5.54 Å². The van der Waals surface area contributed by atoms with Gasteiger partial charge in [-0.1, -0.05) is 29.3 Å². The fraction of sp³-hybridized carbons (Fsp3) is 0.625. The third kappa shape index (κ3) is 7.48. The smallest absolute Gasteiger partial charge is 0.0485 e. The minimum absolute atomic E-state index is 0.148. The molecule has 1 rings (SSSR count). The van der Waals surface area contributed by atoms with Crippen molar-refractivity contribution in [2.45, 2.75) is 52.3 Å². The molecule has 0 aliphatic rings. The SMILES string of the molecule is Cc1cc(C)cc(CS(=O)CCCNC(C)(C)C)c1. The second-order valence-electron chi connectivity index (χ2n) is 6.31. The summed E-state index contributed by atoms with van der Waals surface area (Å²) in [4.78, 5) is 0. The number of benzene rings is 1. The molecule has 0 radical (unpaired) electrons. The van der Waals surface area contributed by atoms with Crippen LogP contribution in [0.15, 0.2) is 18.2 Å². The van der Waals surface area contributed by atoms with Gasteiger partial charge in [0.05, 0.1) is 0 Å². The van der Waals surface area contributed by atoms with Crippen molar-refractivity contribution in [1.82, 2.24) is 5.32 Å². The fourth-order valence-electron chi connectivity index (χ4n) is 2.11. The van der Waals surface area contributed by atoms with Crippen LogP contribution in [0.1, 0.15) is 43.9 Å². The zero-order valence-corrected chi connectivity index (χ0v) is 13.7. The third-order valence-electron chi connectivity index (χ3n) is 2.81. The summed E-state index contributed by atoms with van der Waals surface area (Å²) in [5.74, 6) is 1.45. The molecule has 2 nitrogen and oxygen atoms in total. The predicted octanol–water partition coefficient (Wildman–Crippen LogP) is 3.33. The van der Waals surface area contributed by atoms with Crippen molar-refractivity contribution in [2.75, 3.05) is 12.3 Å². The summed E-state index contributed by atoms with van der Waals surface area (Å²) in [7, 11) is -0.756. The zero-order valence-electron chi connectivity index (χ0n) is 12.9. The van der Waals surface area contributed by atoms with Crippen molar-refractivity contribution in [3.63, 3.8) is 0 Å². The molecular formula is C16H27NOS. The minimum atomic E-state index is -0.756. The lowest BCUT2D eigenvalue weighted by atomic mass is 10.1. The molecule has 19 heavy (non-hydrogen) atoms. The summed E-state index contributed by atoms with van der Waals surface area (Å²) in [5, 5.41) is 3.42. The van der Waals surface area contributed by atoms with Crippen molar-refractivity contribution in [1.29, 1.82) is 0 Å². The van der Waals surface area contributed by atoms with Crippen molar-refractivity contribution in [2.24, 2.45) is 0 Å². The second-order valence-corrected chi connectivity index (χ2v) is 7.89. The molecule has 1 aromatic carbocycles. The molecule has 1 N–H and O–H groups in total. The van der Waals surface area contributed by atoms with E-state index in [0.29, 0.717) is 5.75 Å². The molecular weight excluding hydrogens is 254 g/mol. The standard InChI is InChI=1S/C16H27NOS/c1-13-9-14(2)11-15(10-13)12-19(18)8-6-7-17-16(3,4)5/h9-11,17H,6-8,12H2,1-5H3. The van der Waals surface area contributed by atoms with E-state index in [1.807, 2.05) is 0 Å². The Morgan fingerprint density at radius 3 is 2.21 bits per heavy atom. The average molecular weight is 281 g/mol. The Morgan fingerprint density at radius 2 is 1.68 bits per heavy atom. The molecule has 108 valence electrons. The van der Waals surface area contributed by atoms with E-state index >= 15 is 0 Å². The van der Waals surface area contributed by atoms with Gasteiger partial charge in [-0.05, 0) is 53.1 Å². The first-order valence-electron chi connectivity index (χ1n) is 6.93. The van der Waals surface area contributed by atoms with Gasteiger partial charge in [0.1, 0.15) is 0 Å². The van der Waals surface area contributed by atoms with Crippen LogP contribution in [0, 0.1) is 13.8 Å². The quantitative estimate of drug-likeness (QED) is 0.810. The first-order valence-corrected chi connectivity index (χ1v) is 8.42. The zero-order chi connectivity index (χ0) is 14.5.